The van der Waals surface area contributed by atoms with E-state index < -0.39 is 0 Å². The molecule has 19 heavy (non-hydrogen) atoms. The predicted molar refractivity (Wildman–Crippen MR) is 84.3 cm³/mol. The van der Waals surface area contributed by atoms with Crippen LogP contribution in [0.25, 0.3) is 0 Å². The molecule has 0 bridgehead atoms. The summed E-state index contributed by atoms with van der Waals surface area (Å²) in [5, 5.41) is 7.16. The van der Waals surface area contributed by atoms with Crippen LogP contribution in [0.15, 0.2) is 48.5 Å². The third-order valence-corrected chi connectivity index (χ3v) is 2.97. The van der Waals surface area contributed by atoms with Crippen LogP contribution in [0, 0.1) is 0 Å². The normalized spacial score (nSPS) is 9.79. The molecule has 2 N–H and O–H groups in total. The molecule has 2 rings (SSSR count). The lowest BCUT2D eigenvalue weighted by Gasteiger charge is -2.12. The number of para-hydroxylation sites is 1. The molecular formula is C14H13ClN2OS. The van der Waals surface area contributed by atoms with Crippen LogP contribution < -0.4 is 15.4 Å². The van der Waals surface area contributed by atoms with E-state index in [2.05, 4.69) is 10.6 Å². The fraction of sp³-hybridized carbons (Fsp3) is 0.0714. The van der Waals surface area contributed by atoms with Gasteiger partial charge in [0.05, 0.1) is 17.8 Å². The summed E-state index contributed by atoms with van der Waals surface area (Å²) in [4.78, 5) is 0. The molecular weight excluding hydrogens is 280 g/mol. The molecule has 0 unspecified atom stereocenters. The summed E-state index contributed by atoms with van der Waals surface area (Å²) in [6.07, 6.45) is 0. The number of rotatable bonds is 3. The Morgan fingerprint density at radius 2 is 1.84 bits per heavy atom. The monoisotopic (exact) mass is 292 g/mol. The molecule has 2 aromatic rings. The second kappa shape index (κ2) is 6.41. The molecule has 2 aromatic carbocycles. The Kier molecular flexibility index (Phi) is 4.60. The van der Waals surface area contributed by atoms with Crippen molar-refractivity contribution >= 4 is 40.3 Å². The van der Waals surface area contributed by atoms with E-state index in [1.54, 1.807) is 13.2 Å². The molecule has 98 valence electrons. The van der Waals surface area contributed by atoms with Crippen molar-refractivity contribution in [1.29, 1.82) is 0 Å². The second-order valence-corrected chi connectivity index (χ2v) is 4.61. The van der Waals surface area contributed by atoms with Crippen LogP contribution >= 0.6 is 23.8 Å². The summed E-state index contributed by atoms with van der Waals surface area (Å²) in [5.74, 6) is 0.706. The number of anilines is 2. The lowest BCUT2D eigenvalue weighted by Crippen LogP contribution is -2.19. The summed E-state index contributed by atoms with van der Waals surface area (Å²) >= 11 is 11.4. The first kappa shape index (κ1) is 13.6. The topological polar surface area (TPSA) is 33.3 Å². The van der Waals surface area contributed by atoms with Gasteiger partial charge in [-0.25, -0.2) is 0 Å². The van der Waals surface area contributed by atoms with Gasteiger partial charge < -0.3 is 15.4 Å². The van der Waals surface area contributed by atoms with Crippen LogP contribution in [0.4, 0.5) is 11.4 Å². The molecule has 0 aromatic heterocycles. The first-order valence-electron chi connectivity index (χ1n) is 5.65. The lowest BCUT2D eigenvalue weighted by molar-refractivity contribution is 0.415. The average molecular weight is 293 g/mol. The highest BCUT2D eigenvalue weighted by Gasteiger charge is 2.04. The maximum atomic E-state index is 6.13. The predicted octanol–water partition coefficient (Wildman–Crippen LogP) is 4.16. The van der Waals surface area contributed by atoms with E-state index in [0.717, 1.165) is 11.4 Å². The minimum Gasteiger partial charge on any atom is -0.497 e. The zero-order valence-electron chi connectivity index (χ0n) is 10.3. The van der Waals surface area contributed by atoms with Crippen LogP contribution in [0.1, 0.15) is 0 Å². The van der Waals surface area contributed by atoms with Gasteiger partial charge in [0.1, 0.15) is 5.75 Å². The largest absolute Gasteiger partial charge is 0.497 e. The molecule has 0 saturated heterocycles. The van der Waals surface area contributed by atoms with Gasteiger partial charge in [-0.2, -0.15) is 0 Å². The molecule has 0 aliphatic rings. The number of ether oxygens (including phenoxy) is 1. The van der Waals surface area contributed by atoms with E-state index in [1.165, 1.54) is 0 Å². The first-order chi connectivity index (χ1) is 9.19. The zero-order chi connectivity index (χ0) is 13.7. The van der Waals surface area contributed by atoms with E-state index in [9.17, 15) is 0 Å². The molecule has 0 heterocycles. The van der Waals surface area contributed by atoms with Crippen molar-refractivity contribution in [2.75, 3.05) is 17.7 Å². The van der Waals surface area contributed by atoms with Crippen LogP contribution in [0.2, 0.25) is 5.02 Å². The van der Waals surface area contributed by atoms with E-state index in [-0.39, 0.29) is 0 Å². The molecule has 0 spiro atoms. The number of benzene rings is 2. The molecule has 3 nitrogen and oxygen atoms in total. The van der Waals surface area contributed by atoms with Crippen molar-refractivity contribution in [1.82, 2.24) is 0 Å². The Hall–Kier alpha value is -1.78. The third kappa shape index (κ3) is 3.84. The molecule has 0 aliphatic heterocycles. The quantitative estimate of drug-likeness (QED) is 0.832. The maximum Gasteiger partial charge on any atom is 0.175 e. The Morgan fingerprint density at radius 3 is 2.47 bits per heavy atom. The van der Waals surface area contributed by atoms with E-state index in [0.29, 0.717) is 15.9 Å². The lowest BCUT2D eigenvalue weighted by atomic mass is 10.3. The second-order valence-electron chi connectivity index (χ2n) is 3.79. The van der Waals surface area contributed by atoms with E-state index in [4.69, 9.17) is 28.6 Å². The highest BCUT2D eigenvalue weighted by atomic mass is 35.5. The zero-order valence-corrected chi connectivity index (χ0v) is 11.9. The highest BCUT2D eigenvalue weighted by Crippen LogP contribution is 2.26. The van der Waals surface area contributed by atoms with E-state index >= 15 is 0 Å². The van der Waals surface area contributed by atoms with Gasteiger partial charge >= 0.3 is 0 Å². The van der Waals surface area contributed by atoms with Crippen LogP contribution in [0.3, 0.4) is 0 Å². The molecule has 0 aliphatic carbocycles. The van der Waals surface area contributed by atoms with Gasteiger partial charge in [-0.3, -0.25) is 0 Å². The standard InChI is InChI=1S/C14H13ClN2OS/c1-18-11-7-8-13(12(15)9-11)17-14(19)16-10-5-3-2-4-6-10/h2-9H,1H3,(H2,16,17,19). The highest BCUT2D eigenvalue weighted by molar-refractivity contribution is 7.80. The summed E-state index contributed by atoms with van der Waals surface area (Å²) in [6.45, 7) is 0. The Balaban J connectivity index is 2.03. The number of methoxy groups -OCH3 is 1. The van der Waals surface area contributed by atoms with Crippen LogP contribution in [-0.4, -0.2) is 12.2 Å². The number of hydrogen-bond acceptors (Lipinski definition) is 2. The summed E-state index contributed by atoms with van der Waals surface area (Å²) in [7, 11) is 1.60. The first-order valence-corrected chi connectivity index (χ1v) is 6.44. The molecule has 0 saturated carbocycles. The fourth-order valence-electron chi connectivity index (χ4n) is 1.53. The van der Waals surface area contributed by atoms with Crippen molar-refractivity contribution in [2.24, 2.45) is 0 Å². The van der Waals surface area contributed by atoms with Gasteiger partial charge in [-0.05, 0) is 36.5 Å². The minimum atomic E-state index is 0.485. The Bertz CT molecular complexity index is 575. The van der Waals surface area contributed by atoms with Crippen molar-refractivity contribution in [3.63, 3.8) is 0 Å². The van der Waals surface area contributed by atoms with Gasteiger partial charge in [0.2, 0.25) is 0 Å². The molecule has 0 amide bonds. The minimum absolute atomic E-state index is 0.485. The number of nitrogens with one attached hydrogen (secondary N) is 2. The molecule has 5 heteroatoms. The number of thiocarbonyl (C=S) groups is 1. The molecule has 0 radical (unpaired) electrons. The summed E-state index contributed by atoms with van der Waals surface area (Å²) in [5.41, 5.74) is 1.65. The third-order valence-electron chi connectivity index (χ3n) is 2.46. The number of halogens is 1. The van der Waals surface area contributed by atoms with Crippen molar-refractivity contribution < 1.29 is 4.74 Å². The molecule has 0 fully saturated rings. The van der Waals surface area contributed by atoms with Gasteiger partial charge in [-0.15, -0.1) is 0 Å². The number of hydrogen-bond donors (Lipinski definition) is 2. The van der Waals surface area contributed by atoms with Crippen LogP contribution in [0.5, 0.6) is 5.75 Å². The van der Waals surface area contributed by atoms with Gasteiger partial charge in [0.25, 0.3) is 0 Å². The van der Waals surface area contributed by atoms with Gasteiger partial charge in [-0.1, -0.05) is 29.8 Å². The van der Waals surface area contributed by atoms with Crippen LogP contribution in [-0.2, 0) is 0 Å². The van der Waals surface area contributed by atoms with Crippen molar-refractivity contribution in [2.45, 2.75) is 0 Å². The van der Waals surface area contributed by atoms with Crippen molar-refractivity contribution in [3.05, 3.63) is 53.6 Å². The van der Waals surface area contributed by atoms with Gasteiger partial charge in [0.15, 0.2) is 5.11 Å². The Labute approximate surface area is 122 Å². The smallest absolute Gasteiger partial charge is 0.175 e. The summed E-state index contributed by atoms with van der Waals surface area (Å²) in [6, 6.07) is 15.1. The fourth-order valence-corrected chi connectivity index (χ4v) is 1.98. The Morgan fingerprint density at radius 1 is 1.11 bits per heavy atom. The van der Waals surface area contributed by atoms with Gasteiger partial charge in [0, 0.05) is 11.8 Å². The maximum absolute atomic E-state index is 6.13. The SMILES string of the molecule is COc1ccc(NC(=S)Nc2ccccc2)c(Cl)c1. The molecule has 0 atom stereocenters. The summed E-state index contributed by atoms with van der Waals surface area (Å²) < 4.78 is 5.09. The van der Waals surface area contributed by atoms with E-state index in [1.807, 2.05) is 42.5 Å². The van der Waals surface area contributed by atoms with Crippen molar-refractivity contribution in [3.8, 4) is 5.75 Å². The average Bonchev–Trinajstić information content (AvgIpc) is 2.42.